The maximum atomic E-state index is 13.6. The number of nitrogens with one attached hydrogen (secondary N) is 2. The number of amides is 1. The van der Waals surface area contributed by atoms with Gasteiger partial charge in [0, 0.05) is 40.6 Å². The van der Waals surface area contributed by atoms with E-state index in [9.17, 15) is 9.59 Å². The number of hydrogen-bond donors (Lipinski definition) is 2. The van der Waals surface area contributed by atoms with E-state index in [2.05, 4.69) is 24.5 Å². The second-order valence-electron chi connectivity index (χ2n) is 9.34. The molecule has 1 aliphatic carbocycles. The summed E-state index contributed by atoms with van der Waals surface area (Å²) in [5.41, 5.74) is 4.83. The molecular weight excluding hydrogens is 443 g/mol. The Bertz CT molecular complexity index is 1190. The third-order valence-corrected chi connectivity index (χ3v) is 7.00. The van der Waals surface area contributed by atoms with Gasteiger partial charge in [0.2, 0.25) is 0 Å². The van der Waals surface area contributed by atoms with Crippen molar-refractivity contribution < 1.29 is 9.59 Å². The maximum absolute atomic E-state index is 13.6. The highest BCUT2D eigenvalue weighted by Crippen LogP contribution is 2.48. The number of benzene rings is 2. The van der Waals surface area contributed by atoms with Gasteiger partial charge in [-0.2, -0.15) is 0 Å². The molecule has 2 aliphatic rings. The first kappa shape index (κ1) is 22.6. The van der Waals surface area contributed by atoms with Gasteiger partial charge in [-0.3, -0.25) is 9.59 Å². The van der Waals surface area contributed by atoms with Crippen molar-refractivity contribution in [3.63, 3.8) is 0 Å². The number of hydrogen-bond acceptors (Lipinski definition) is 3. The van der Waals surface area contributed by atoms with E-state index in [1.165, 1.54) is 0 Å². The normalized spacial score (nSPS) is 20.1. The van der Waals surface area contributed by atoms with Crippen LogP contribution in [-0.4, -0.2) is 11.7 Å². The zero-order valence-electron chi connectivity index (χ0n) is 18.6. The molecule has 0 spiro atoms. The third kappa shape index (κ3) is 4.10. The van der Waals surface area contributed by atoms with Crippen LogP contribution in [0.25, 0.3) is 0 Å². The molecule has 1 aliphatic heterocycles. The zero-order valence-corrected chi connectivity index (χ0v) is 20.1. The zero-order chi connectivity index (χ0) is 23.2. The molecule has 0 saturated carbocycles. The lowest BCUT2D eigenvalue weighted by molar-refractivity contribution is -0.118. The van der Waals surface area contributed by atoms with E-state index in [-0.39, 0.29) is 17.1 Å². The molecule has 4 rings (SSSR count). The van der Waals surface area contributed by atoms with E-state index in [1.54, 1.807) is 12.1 Å². The summed E-state index contributed by atoms with van der Waals surface area (Å²) in [5.74, 6) is -0.835. The predicted octanol–water partition coefficient (Wildman–Crippen LogP) is 6.54. The van der Waals surface area contributed by atoms with Crippen molar-refractivity contribution in [2.24, 2.45) is 5.41 Å². The number of dihydropyridines is 1. The summed E-state index contributed by atoms with van der Waals surface area (Å²) in [6, 6.07) is 13.0. The fraction of sp³-hybridized carbons (Fsp3) is 0.308. The summed E-state index contributed by atoms with van der Waals surface area (Å²) in [4.78, 5) is 27.0. The lowest BCUT2D eigenvalue weighted by Gasteiger charge is -2.40. The Hall–Kier alpha value is -2.56. The first-order chi connectivity index (χ1) is 15.1. The van der Waals surface area contributed by atoms with Crippen molar-refractivity contribution in [2.75, 3.05) is 5.32 Å². The standard InChI is InChI=1S/C26H26Cl2N2O2/c1-14-8-5-6-11-18(14)30-25(32)21-15(2)29-19-12-26(3,4)13-20(31)23(19)22(21)16-9-7-10-17(27)24(16)28/h5-11,22,29H,12-13H2,1-4H3,(H,30,32). The van der Waals surface area contributed by atoms with Gasteiger partial charge in [-0.15, -0.1) is 0 Å². The lowest BCUT2D eigenvalue weighted by Crippen LogP contribution is -2.39. The molecule has 2 aromatic rings. The Morgan fingerprint density at radius 2 is 1.78 bits per heavy atom. The van der Waals surface area contributed by atoms with Crippen molar-refractivity contribution in [3.8, 4) is 0 Å². The van der Waals surface area contributed by atoms with Crippen LogP contribution in [0.15, 0.2) is 65.0 Å². The van der Waals surface area contributed by atoms with Crippen LogP contribution >= 0.6 is 23.2 Å². The van der Waals surface area contributed by atoms with Crippen LogP contribution in [0.4, 0.5) is 5.69 Å². The van der Waals surface area contributed by atoms with Crippen LogP contribution in [0.5, 0.6) is 0 Å². The first-order valence-corrected chi connectivity index (χ1v) is 11.4. The molecule has 2 N–H and O–H groups in total. The van der Waals surface area contributed by atoms with E-state index in [1.807, 2.05) is 44.2 Å². The van der Waals surface area contributed by atoms with Crippen LogP contribution < -0.4 is 10.6 Å². The Balaban J connectivity index is 1.87. The van der Waals surface area contributed by atoms with Gasteiger partial charge in [-0.1, -0.05) is 67.4 Å². The molecule has 6 heteroatoms. The smallest absolute Gasteiger partial charge is 0.254 e. The molecule has 0 radical (unpaired) electrons. The summed E-state index contributed by atoms with van der Waals surface area (Å²) < 4.78 is 0. The number of carbonyl (C=O) groups excluding carboxylic acids is 2. The molecule has 166 valence electrons. The van der Waals surface area contributed by atoms with Crippen molar-refractivity contribution >= 4 is 40.6 Å². The monoisotopic (exact) mass is 468 g/mol. The molecule has 1 heterocycles. The quantitative estimate of drug-likeness (QED) is 0.536. The molecule has 32 heavy (non-hydrogen) atoms. The predicted molar refractivity (Wildman–Crippen MR) is 130 cm³/mol. The van der Waals surface area contributed by atoms with E-state index in [0.717, 1.165) is 16.9 Å². The fourth-order valence-corrected chi connectivity index (χ4v) is 5.11. The van der Waals surface area contributed by atoms with Crippen LogP contribution in [0, 0.1) is 12.3 Å². The Morgan fingerprint density at radius 1 is 1.06 bits per heavy atom. The summed E-state index contributed by atoms with van der Waals surface area (Å²) in [7, 11) is 0. The van der Waals surface area contributed by atoms with Crippen LogP contribution in [-0.2, 0) is 9.59 Å². The van der Waals surface area contributed by atoms with Crippen LogP contribution in [0.1, 0.15) is 50.7 Å². The van der Waals surface area contributed by atoms with Gasteiger partial charge in [0.25, 0.3) is 5.91 Å². The largest absolute Gasteiger partial charge is 0.362 e. The molecule has 4 nitrogen and oxygen atoms in total. The second-order valence-corrected chi connectivity index (χ2v) is 10.1. The van der Waals surface area contributed by atoms with Gasteiger partial charge >= 0.3 is 0 Å². The van der Waals surface area contributed by atoms with Crippen LogP contribution in [0.2, 0.25) is 10.0 Å². The summed E-state index contributed by atoms with van der Waals surface area (Å²) in [6.07, 6.45) is 1.13. The highest BCUT2D eigenvalue weighted by molar-refractivity contribution is 6.42. The van der Waals surface area contributed by atoms with Crippen molar-refractivity contribution in [2.45, 2.75) is 46.5 Å². The number of aryl methyl sites for hydroxylation is 1. The highest BCUT2D eigenvalue weighted by Gasteiger charge is 2.43. The Labute approximate surface area is 198 Å². The Kier molecular flexibility index (Phi) is 5.95. The average Bonchev–Trinajstić information content (AvgIpc) is 2.69. The van der Waals surface area contributed by atoms with Crippen LogP contribution in [0.3, 0.4) is 0 Å². The average molecular weight is 469 g/mol. The molecule has 0 saturated heterocycles. The molecule has 2 aromatic carbocycles. The number of Topliss-reactive ketones (excluding diaryl/α,β-unsaturated/α-hetero) is 1. The van der Waals surface area contributed by atoms with Gasteiger partial charge in [0.1, 0.15) is 0 Å². The highest BCUT2D eigenvalue weighted by atomic mass is 35.5. The number of rotatable bonds is 3. The summed E-state index contributed by atoms with van der Waals surface area (Å²) in [5, 5.41) is 7.15. The number of allylic oxidation sites excluding steroid dienone is 3. The molecule has 0 aromatic heterocycles. The molecule has 1 amide bonds. The minimum Gasteiger partial charge on any atom is -0.362 e. The van der Waals surface area contributed by atoms with Gasteiger partial charge in [0.15, 0.2) is 5.78 Å². The third-order valence-electron chi connectivity index (χ3n) is 6.17. The first-order valence-electron chi connectivity index (χ1n) is 10.6. The summed E-state index contributed by atoms with van der Waals surface area (Å²) in [6.45, 7) is 7.97. The lowest BCUT2D eigenvalue weighted by atomic mass is 9.68. The molecule has 1 atom stereocenters. The maximum Gasteiger partial charge on any atom is 0.254 e. The van der Waals surface area contributed by atoms with Crippen molar-refractivity contribution in [1.29, 1.82) is 0 Å². The van der Waals surface area contributed by atoms with E-state index >= 15 is 0 Å². The SMILES string of the molecule is CC1=C(C(=O)Nc2ccccc2C)C(c2cccc(Cl)c2Cl)C2=C(CC(C)(C)CC2=O)N1. The van der Waals surface area contributed by atoms with Crippen molar-refractivity contribution in [1.82, 2.24) is 5.32 Å². The summed E-state index contributed by atoms with van der Waals surface area (Å²) >= 11 is 13.0. The van der Waals surface area contributed by atoms with Gasteiger partial charge < -0.3 is 10.6 Å². The minimum atomic E-state index is -0.593. The molecule has 1 unspecified atom stereocenters. The van der Waals surface area contributed by atoms with E-state index < -0.39 is 5.92 Å². The fourth-order valence-electron chi connectivity index (χ4n) is 4.69. The topological polar surface area (TPSA) is 58.2 Å². The number of halogens is 2. The number of ketones is 1. The van der Waals surface area contributed by atoms with Gasteiger partial charge in [0.05, 0.1) is 10.0 Å². The molecule has 0 bridgehead atoms. The number of para-hydroxylation sites is 1. The number of carbonyl (C=O) groups is 2. The molecule has 0 fully saturated rings. The Morgan fingerprint density at radius 3 is 2.50 bits per heavy atom. The van der Waals surface area contributed by atoms with Gasteiger partial charge in [-0.25, -0.2) is 0 Å². The molecular formula is C26H26Cl2N2O2. The number of anilines is 1. The minimum absolute atomic E-state index is 0.0264. The van der Waals surface area contributed by atoms with Gasteiger partial charge in [-0.05, 0) is 48.9 Å². The second kappa shape index (κ2) is 8.42. The van der Waals surface area contributed by atoms with E-state index in [4.69, 9.17) is 23.2 Å². The van der Waals surface area contributed by atoms with Crippen molar-refractivity contribution in [3.05, 3.63) is 86.2 Å². The van der Waals surface area contributed by atoms with E-state index in [0.29, 0.717) is 45.3 Å².